The summed E-state index contributed by atoms with van der Waals surface area (Å²) in [6.07, 6.45) is 2.24. The summed E-state index contributed by atoms with van der Waals surface area (Å²) in [5.41, 5.74) is 8.29. The smallest absolute Gasteiger partial charge is 0.327 e. The van der Waals surface area contributed by atoms with Crippen molar-refractivity contribution in [3.63, 3.8) is 0 Å². The number of hydrogen-bond acceptors (Lipinski definition) is 7. The van der Waals surface area contributed by atoms with Crippen LogP contribution >= 0.6 is 12.6 Å². The van der Waals surface area contributed by atoms with Gasteiger partial charge < -0.3 is 36.9 Å². The van der Waals surface area contributed by atoms with Gasteiger partial charge >= 0.3 is 5.97 Å². The maximum Gasteiger partial charge on any atom is 0.327 e. The molecule has 4 atom stereocenters. The molecule has 0 aliphatic carbocycles. The molecule has 2 aromatic carbocycles. The van der Waals surface area contributed by atoms with Gasteiger partial charge in [0.25, 0.3) is 0 Å². The number of H-pyrrole nitrogens is 1. The average Bonchev–Trinajstić information content (AvgIpc) is 3.34. The number of nitrogens with two attached hydrogens (primary N) is 1. The summed E-state index contributed by atoms with van der Waals surface area (Å²) in [7, 11) is 0. The van der Waals surface area contributed by atoms with Crippen molar-refractivity contribution < 1.29 is 29.4 Å². The fraction of sp³-hybridized carbons (Fsp3) is 0.379. The van der Waals surface area contributed by atoms with Gasteiger partial charge in [-0.3, -0.25) is 14.4 Å². The van der Waals surface area contributed by atoms with Crippen LogP contribution in [0.4, 0.5) is 0 Å². The van der Waals surface area contributed by atoms with Crippen LogP contribution in [0.1, 0.15) is 31.4 Å². The number of nitrogens with one attached hydrogen (secondary N) is 4. The van der Waals surface area contributed by atoms with Crippen LogP contribution < -0.4 is 21.7 Å². The number of fused-ring (bicyclic) bond motifs is 1. The van der Waals surface area contributed by atoms with Gasteiger partial charge in [0.1, 0.15) is 23.9 Å². The Morgan fingerprint density at radius 2 is 1.46 bits per heavy atom. The van der Waals surface area contributed by atoms with Gasteiger partial charge in [0.15, 0.2) is 0 Å². The lowest BCUT2D eigenvalue weighted by atomic mass is 10.0. The summed E-state index contributed by atoms with van der Waals surface area (Å²) in [5.74, 6) is -3.10. The van der Waals surface area contributed by atoms with Gasteiger partial charge in [-0.1, -0.05) is 44.2 Å². The molecule has 0 spiro atoms. The number of aliphatic carboxylic acids is 1. The number of phenols is 1. The molecule has 0 saturated carbocycles. The van der Waals surface area contributed by atoms with Crippen LogP contribution in [0.15, 0.2) is 54.7 Å². The van der Waals surface area contributed by atoms with E-state index in [1.165, 1.54) is 12.1 Å². The summed E-state index contributed by atoms with van der Waals surface area (Å²) in [6, 6.07) is 9.23. The quantitative estimate of drug-likeness (QED) is 0.132. The molecular weight excluding hydrogens is 546 g/mol. The number of aromatic nitrogens is 1. The van der Waals surface area contributed by atoms with Crippen molar-refractivity contribution in [3.8, 4) is 5.75 Å². The maximum absolute atomic E-state index is 13.7. The van der Waals surface area contributed by atoms with Gasteiger partial charge in [-0.2, -0.15) is 12.6 Å². The van der Waals surface area contributed by atoms with Gasteiger partial charge in [0, 0.05) is 35.7 Å². The molecule has 41 heavy (non-hydrogen) atoms. The number of carboxylic acid groups (broad SMARTS) is 1. The van der Waals surface area contributed by atoms with E-state index in [4.69, 9.17) is 5.73 Å². The molecule has 0 saturated heterocycles. The lowest BCUT2D eigenvalue weighted by molar-refractivity contribution is -0.141. The van der Waals surface area contributed by atoms with Crippen LogP contribution in [-0.4, -0.2) is 68.8 Å². The minimum absolute atomic E-state index is 0.0466. The van der Waals surface area contributed by atoms with Crippen molar-refractivity contribution in [3.05, 3.63) is 65.9 Å². The Bertz CT molecular complexity index is 1360. The Morgan fingerprint density at radius 1 is 0.878 bits per heavy atom. The molecule has 0 fully saturated rings. The molecular formula is C29H37N5O6S. The van der Waals surface area contributed by atoms with Crippen LogP contribution in [0.25, 0.3) is 10.9 Å². The van der Waals surface area contributed by atoms with Gasteiger partial charge in [-0.15, -0.1) is 0 Å². The largest absolute Gasteiger partial charge is 0.508 e. The molecule has 12 heteroatoms. The molecule has 0 bridgehead atoms. The summed E-state index contributed by atoms with van der Waals surface area (Å²) >= 11 is 4.02. The van der Waals surface area contributed by atoms with E-state index in [9.17, 15) is 29.4 Å². The molecule has 8 N–H and O–H groups in total. The number of hydrogen-bond donors (Lipinski definition) is 8. The number of aromatic amines is 1. The first-order valence-electron chi connectivity index (χ1n) is 13.3. The zero-order valence-corrected chi connectivity index (χ0v) is 23.9. The number of carboxylic acids is 1. The lowest BCUT2D eigenvalue weighted by Gasteiger charge is -2.25. The minimum atomic E-state index is -1.27. The SMILES string of the molecule is CC(C)CC(N)C(=O)NC(Cc1ccc(O)cc1)C(=O)NC(Cc1c[nH]c2ccccc12)C(=O)NC(CS)C(=O)O. The Labute approximate surface area is 243 Å². The molecule has 1 aromatic heterocycles. The molecule has 0 radical (unpaired) electrons. The topological polar surface area (TPSA) is 187 Å². The van der Waals surface area contributed by atoms with E-state index in [2.05, 4.69) is 33.6 Å². The number of para-hydroxylation sites is 1. The van der Waals surface area contributed by atoms with Gasteiger partial charge in [0.05, 0.1) is 6.04 Å². The third-order valence-electron chi connectivity index (χ3n) is 6.60. The first-order chi connectivity index (χ1) is 19.5. The van der Waals surface area contributed by atoms with Crippen molar-refractivity contribution >= 4 is 47.2 Å². The summed E-state index contributed by atoms with van der Waals surface area (Å²) < 4.78 is 0. The third kappa shape index (κ3) is 8.98. The molecule has 3 rings (SSSR count). The van der Waals surface area contributed by atoms with Gasteiger partial charge in [0.2, 0.25) is 17.7 Å². The predicted molar refractivity (Wildman–Crippen MR) is 159 cm³/mol. The predicted octanol–water partition coefficient (Wildman–Crippen LogP) is 1.50. The highest BCUT2D eigenvalue weighted by atomic mass is 32.1. The van der Waals surface area contributed by atoms with Crippen molar-refractivity contribution in [2.24, 2.45) is 11.7 Å². The number of thiol groups is 1. The van der Waals surface area contributed by atoms with Crippen molar-refractivity contribution in [1.82, 2.24) is 20.9 Å². The molecule has 11 nitrogen and oxygen atoms in total. The first kappa shape index (κ1) is 31.5. The second kappa shape index (κ2) is 14.6. The molecule has 4 unspecified atom stereocenters. The first-order valence-corrected chi connectivity index (χ1v) is 13.9. The number of carbonyl (C=O) groups excluding carboxylic acids is 3. The Balaban J connectivity index is 1.89. The van der Waals surface area contributed by atoms with Crippen molar-refractivity contribution in [2.75, 3.05) is 5.75 Å². The molecule has 1 heterocycles. The monoisotopic (exact) mass is 583 g/mol. The van der Waals surface area contributed by atoms with E-state index < -0.39 is 47.9 Å². The summed E-state index contributed by atoms with van der Waals surface area (Å²) in [5, 5.41) is 27.8. The Kier molecular flexibility index (Phi) is 11.2. The number of carbonyl (C=O) groups is 4. The van der Waals surface area contributed by atoms with E-state index in [0.29, 0.717) is 12.0 Å². The van der Waals surface area contributed by atoms with Gasteiger partial charge in [-0.25, -0.2) is 4.79 Å². The second-order valence-corrected chi connectivity index (χ2v) is 10.7. The van der Waals surface area contributed by atoms with Gasteiger partial charge in [-0.05, 0) is 41.7 Å². The zero-order chi connectivity index (χ0) is 30.1. The summed E-state index contributed by atoms with van der Waals surface area (Å²) in [6.45, 7) is 3.85. The lowest BCUT2D eigenvalue weighted by Crippen LogP contribution is -2.58. The Morgan fingerprint density at radius 3 is 2.07 bits per heavy atom. The van der Waals surface area contributed by atoms with Crippen LogP contribution in [0, 0.1) is 5.92 Å². The zero-order valence-electron chi connectivity index (χ0n) is 23.0. The fourth-order valence-corrected chi connectivity index (χ4v) is 4.68. The number of phenolic OH excluding ortho intramolecular Hbond substituents is 1. The highest BCUT2D eigenvalue weighted by Gasteiger charge is 2.31. The van der Waals surface area contributed by atoms with E-state index in [1.54, 1.807) is 18.3 Å². The van der Waals surface area contributed by atoms with Crippen molar-refractivity contribution in [2.45, 2.75) is 57.3 Å². The van der Waals surface area contributed by atoms with Crippen LogP contribution in [0.2, 0.25) is 0 Å². The van der Waals surface area contributed by atoms with Crippen LogP contribution in [-0.2, 0) is 32.0 Å². The maximum atomic E-state index is 13.7. The molecule has 3 aromatic rings. The molecule has 3 amide bonds. The Hall–Kier alpha value is -4.03. The average molecular weight is 584 g/mol. The number of amides is 3. The van der Waals surface area contributed by atoms with Crippen LogP contribution in [0.3, 0.4) is 0 Å². The fourth-order valence-electron chi connectivity index (χ4n) is 4.43. The van der Waals surface area contributed by atoms with E-state index >= 15 is 0 Å². The highest BCUT2D eigenvalue weighted by Crippen LogP contribution is 2.20. The minimum Gasteiger partial charge on any atom is -0.508 e. The second-order valence-electron chi connectivity index (χ2n) is 10.4. The number of rotatable bonds is 14. The molecule has 0 aliphatic heterocycles. The summed E-state index contributed by atoms with van der Waals surface area (Å²) in [4.78, 5) is 54.6. The molecule has 0 aliphatic rings. The highest BCUT2D eigenvalue weighted by molar-refractivity contribution is 7.80. The standard InChI is InChI=1S/C29H37N5O6S/c1-16(2)11-21(30)26(36)32-23(12-17-7-9-19(35)10-8-17)27(37)33-24(28(38)34-25(15-41)29(39)40)13-18-14-31-22-6-4-3-5-20(18)22/h3-10,14,16,21,23-25,31,35,41H,11-13,15,30H2,1-2H3,(H,32,36)(H,33,37)(H,34,38)(H,39,40). The van der Waals surface area contributed by atoms with Crippen LogP contribution in [0.5, 0.6) is 5.75 Å². The van der Waals surface area contributed by atoms with E-state index in [0.717, 1.165) is 16.5 Å². The number of aromatic hydroxyl groups is 1. The third-order valence-corrected chi connectivity index (χ3v) is 6.97. The normalized spacial score (nSPS) is 14.2. The van der Waals surface area contributed by atoms with E-state index in [-0.39, 0.29) is 30.3 Å². The molecule has 220 valence electrons. The van der Waals surface area contributed by atoms with Crippen molar-refractivity contribution in [1.29, 1.82) is 0 Å². The van der Waals surface area contributed by atoms with E-state index in [1.807, 2.05) is 38.1 Å². The number of benzene rings is 2.